The minimum absolute atomic E-state index is 0.197. The third-order valence-corrected chi connectivity index (χ3v) is 4.29. The van der Waals surface area contributed by atoms with Gasteiger partial charge in [-0.1, -0.05) is 57.2 Å². The van der Waals surface area contributed by atoms with Gasteiger partial charge in [0, 0.05) is 11.4 Å². The lowest BCUT2D eigenvalue weighted by atomic mass is 9.86. The molecular formula is C21H25N3. The van der Waals surface area contributed by atoms with Crippen molar-refractivity contribution in [2.24, 2.45) is 0 Å². The topological polar surface area (TPSA) is 37.8 Å². The fourth-order valence-corrected chi connectivity index (χ4v) is 2.90. The first-order chi connectivity index (χ1) is 11.4. The van der Waals surface area contributed by atoms with Crippen LogP contribution in [-0.2, 0) is 11.8 Å². The molecule has 0 amide bonds. The number of benzene rings is 2. The highest BCUT2D eigenvalue weighted by Gasteiger charge is 2.13. The molecule has 0 spiro atoms. The fourth-order valence-electron chi connectivity index (χ4n) is 2.90. The van der Waals surface area contributed by atoms with Crippen LogP contribution in [0.3, 0.4) is 0 Å². The van der Waals surface area contributed by atoms with Crippen LogP contribution in [0.15, 0.2) is 54.9 Å². The molecule has 0 saturated carbocycles. The third-order valence-electron chi connectivity index (χ3n) is 4.29. The van der Waals surface area contributed by atoms with Crippen molar-refractivity contribution in [1.29, 1.82) is 0 Å². The molecule has 0 saturated heterocycles. The van der Waals surface area contributed by atoms with Crippen LogP contribution in [0, 0.1) is 0 Å². The molecule has 1 heterocycles. The van der Waals surface area contributed by atoms with Gasteiger partial charge in [0.25, 0.3) is 0 Å². The van der Waals surface area contributed by atoms with Crippen molar-refractivity contribution in [1.82, 2.24) is 9.97 Å². The van der Waals surface area contributed by atoms with E-state index in [9.17, 15) is 0 Å². The van der Waals surface area contributed by atoms with Crippen LogP contribution < -0.4 is 5.32 Å². The highest BCUT2D eigenvalue weighted by Crippen LogP contribution is 2.23. The summed E-state index contributed by atoms with van der Waals surface area (Å²) < 4.78 is 0. The normalized spacial score (nSPS) is 13.0. The average Bonchev–Trinajstić information content (AvgIpc) is 2.55. The van der Waals surface area contributed by atoms with E-state index in [0.717, 1.165) is 23.1 Å². The first-order valence-corrected chi connectivity index (χ1v) is 8.49. The van der Waals surface area contributed by atoms with Crippen molar-refractivity contribution in [3.05, 3.63) is 66.0 Å². The molecule has 3 heteroatoms. The fraction of sp³-hybridized carbons (Fsp3) is 0.333. The molecule has 0 aliphatic rings. The molecule has 1 unspecified atom stereocenters. The van der Waals surface area contributed by atoms with E-state index in [4.69, 9.17) is 0 Å². The van der Waals surface area contributed by atoms with Gasteiger partial charge < -0.3 is 5.32 Å². The standard InChI is InChI=1S/C21H25N3/c1-15(13-16-9-11-17(12-10-16)21(2,3)4)24-20-18-7-5-6-8-19(18)22-14-23-20/h5-12,14-15H,13H2,1-4H3,(H,22,23,24). The smallest absolute Gasteiger partial charge is 0.137 e. The number of fused-ring (bicyclic) bond motifs is 1. The van der Waals surface area contributed by atoms with Crippen molar-refractivity contribution in [2.45, 2.75) is 45.6 Å². The van der Waals surface area contributed by atoms with Crippen LogP contribution in [0.4, 0.5) is 5.82 Å². The van der Waals surface area contributed by atoms with Gasteiger partial charge in [-0.25, -0.2) is 9.97 Å². The van der Waals surface area contributed by atoms with Crippen molar-refractivity contribution in [3.63, 3.8) is 0 Å². The zero-order chi connectivity index (χ0) is 17.2. The van der Waals surface area contributed by atoms with Crippen molar-refractivity contribution < 1.29 is 0 Å². The highest BCUT2D eigenvalue weighted by atomic mass is 15.0. The molecular weight excluding hydrogens is 294 g/mol. The van der Waals surface area contributed by atoms with E-state index < -0.39 is 0 Å². The molecule has 1 atom stereocenters. The summed E-state index contributed by atoms with van der Waals surface area (Å²) in [6.45, 7) is 8.92. The maximum atomic E-state index is 4.41. The van der Waals surface area contributed by atoms with Gasteiger partial charge in [-0.05, 0) is 42.0 Å². The van der Waals surface area contributed by atoms with E-state index >= 15 is 0 Å². The van der Waals surface area contributed by atoms with Gasteiger partial charge in [0.1, 0.15) is 12.1 Å². The summed E-state index contributed by atoms with van der Waals surface area (Å²) in [5.41, 5.74) is 3.87. The molecule has 0 bridgehead atoms. The molecule has 3 nitrogen and oxygen atoms in total. The summed E-state index contributed by atoms with van der Waals surface area (Å²) >= 11 is 0. The first kappa shape index (κ1) is 16.4. The Labute approximate surface area is 144 Å². The average molecular weight is 319 g/mol. The monoisotopic (exact) mass is 319 g/mol. The second-order valence-corrected chi connectivity index (χ2v) is 7.44. The Morgan fingerprint density at radius 2 is 1.67 bits per heavy atom. The Hall–Kier alpha value is -2.42. The summed E-state index contributed by atoms with van der Waals surface area (Å²) in [7, 11) is 0. The summed E-state index contributed by atoms with van der Waals surface area (Å²) in [5, 5.41) is 4.59. The largest absolute Gasteiger partial charge is 0.367 e. The predicted molar refractivity (Wildman–Crippen MR) is 101 cm³/mol. The SMILES string of the molecule is CC(Cc1ccc(C(C)(C)C)cc1)Nc1ncnc2ccccc12. The number of hydrogen-bond acceptors (Lipinski definition) is 3. The molecule has 0 aliphatic heterocycles. The van der Waals surface area contributed by atoms with Crippen LogP contribution in [-0.4, -0.2) is 16.0 Å². The number of nitrogens with one attached hydrogen (secondary N) is 1. The number of para-hydroxylation sites is 1. The summed E-state index contributed by atoms with van der Waals surface area (Å²) in [5.74, 6) is 0.902. The Morgan fingerprint density at radius 3 is 2.38 bits per heavy atom. The minimum Gasteiger partial charge on any atom is -0.367 e. The Balaban J connectivity index is 1.72. The van der Waals surface area contributed by atoms with Gasteiger partial charge in [-0.15, -0.1) is 0 Å². The van der Waals surface area contributed by atoms with E-state index in [1.165, 1.54) is 11.1 Å². The molecule has 0 aliphatic carbocycles. The molecule has 0 fully saturated rings. The van der Waals surface area contributed by atoms with E-state index in [1.54, 1.807) is 6.33 Å². The van der Waals surface area contributed by atoms with Crippen LogP contribution >= 0.6 is 0 Å². The molecule has 124 valence electrons. The zero-order valence-corrected chi connectivity index (χ0v) is 14.9. The van der Waals surface area contributed by atoms with Gasteiger partial charge >= 0.3 is 0 Å². The van der Waals surface area contributed by atoms with E-state index in [0.29, 0.717) is 6.04 Å². The Morgan fingerprint density at radius 1 is 0.958 bits per heavy atom. The summed E-state index contributed by atoms with van der Waals surface area (Å²) in [4.78, 5) is 8.73. The van der Waals surface area contributed by atoms with Crippen molar-refractivity contribution in [3.8, 4) is 0 Å². The van der Waals surface area contributed by atoms with Gasteiger partial charge in [0.15, 0.2) is 0 Å². The zero-order valence-electron chi connectivity index (χ0n) is 14.9. The molecule has 1 N–H and O–H groups in total. The quantitative estimate of drug-likeness (QED) is 0.737. The number of aromatic nitrogens is 2. The lowest BCUT2D eigenvalue weighted by molar-refractivity contribution is 0.590. The summed E-state index contributed by atoms with van der Waals surface area (Å²) in [6.07, 6.45) is 2.58. The maximum absolute atomic E-state index is 4.41. The minimum atomic E-state index is 0.197. The predicted octanol–water partition coefficient (Wildman–Crippen LogP) is 4.97. The second kappa shape index (κ2) is 6.60. The van der Waals surface area contributed by atoms with Gasteiger partial charge in [0.2, 0.25) is 0 Å². The van der Waals surface area contributed by atoms with Gasteiger partial charge in [-0.3, -0.25) is 0 Å². The molecule has 2 aromatic carbocycles. The van der Waals surface area contributed by atoms with Gasteiger partial charge in [0.05, 0.1) is 5.52 Å². The van der Waals surface area contributed by atoms with Crippen LogP contribution in [0.5, 0.6) is 0 Å². The van der Waals surface area contributed by atoms with Crippen LogP contribution in [0.1, 0.15) is 38.8 Å². The second-order valence-electron chi connectivity index (χ2n) is 7.44. The Bertz CT molecular complexity index is 811. The number of nitrogens with zero attached hydrogens (tertiary/aromatic N) is 2. The van der Waals surface area contributed by atoms with E-state index in [-0.39, 0.29) is 5.41 Å². The molecule has 0 radical (unpaired) electrons. The lowest BCUT2D eigenvalue weighted by Gasteiger charge is -2.20. The summed E-state index contributed by atoms with van der Waals surface area (Å²) in [6, 6.07) is 17.3. The van der Waals surface area contributed by atoms with Crippen LogP contribution in [0.25, 0.3) is 10.9 Å². The first-order valence-electron chi connectivity index (χ1n) is 8.49. The van der Waals surface area contributed by atoms with E-state index in [1.807, 2.05) is 18.2 Å². The molecule has 1 aromatic heterocycles. The number of rotatable bonds is 4. The number of hydrogen-bond donors (Lipinski definition) is 1. The molecule has 3 aromatic rings. The lowest BCUT2D eigenvalue weighted by Crippen LogP contribution is -2.19. The van der Waals surface area contributed by atoms with Gasteiger partial charge in [-0.2, -0.15) is 0 Å². The Kier molecular flexibility index (Phi) is 4.52. The van der Waals surface area contributed by atoms with Crippen LogP contribution in [0.2, 0.25) is 0 Å². The number of anilines is 1. The third kappa shape index (κ3) is 3.73. The molecule has 3 rings (SSSR count). The molecule has 24 heavy (non-hydrogen) atoms. The highest BCUT2D eigenvalue weighted by molar-refractivity contribution is 5.88. The van der Waals surface area contributed by atoms with Crippen molar-refractivity contribution in [2.75, 3.05) is 5.32 Å². The van der Waals surface area contributed by atoms with E-state index in [2.05, 4.69) is 73.3 Å². The maximum Gasteiger partial charge on any atom is 0.137 e. The van der Waals surface area contributed by atoms with Crippen molar-refractivity contribution >= 4 is 16.7 Å².